The molecule has 1 fully saturated rings. The number of halogens is 2. The first-order valence-corrected chi connectivity index (χ1v) is 10.2. The minimum Gasteiger partial charge on any atom is -0.368 e. The quantitative estimate of drug-likeness (QED) is 0.334. The number of guanidine groups is 1. The summed E-state index contributed by atoms with van der Waals surface area (Å²) in [4.78, 5) is 12.7. The van der Waals surface area contributed by atoms with Crippen molar-refractivity contribution in [3.63, 3.8) is 0 Å². The molecule has 8 heteroatoms. The summed E-state index contributed by atoms with van der Waals surface area (Å²) >= 11 is 5.35. The van der Waals surface area contributed by atoms with Crippen LogP contribution in [0.15, 0.2) is 39.9 Å². The Morgan fingerprint density at radius 2 is 2.23 bits per heavy atom. The molecule has 3 rings (SSSR count). The summed E-state index contributed by atoms with van der Waals surface area (Å²) < 4.78 is 1.15. The van der Waals surface area contributed by atoms with Crippen LogP contribution in [-0.4, -0.2) is 36.6 Å². The maximum atomic E-state index is 4.69. The monoisotopic (exact) mass is 549 g/mol. The van der Waals surface area contributed by atoms with Crippen LogP contribution in [0.2, 0.25) is 0 Å². The average molecular weight is 550 g/mol. The fourth-order valence-electron chi connectivity index (χ4n) is 2.94. The minimum atomic E-state index is 0. The Bertz CT molecular complexity index is 736. The van der Waals surface area contributed by atoms with E-state index in [0.29, 0.717) is 12.6 Å². The lowest BCUT2D eigenvalue weighted by Crippen LogP contribution is -2.44. The van der Waals surface area contributed by atoms with Crippen LogP contribution in [0.3, 0.4) is 0 Å². The van der Waals surface area contributed by atoms with Gasteiger partial charge in [-0.1, -0.05) is 12.1 Å². The van der Waals surface area contributed by atoms with Gasteiger partial charge in [0.25, 0.3) is 0 Å². The van der Waals surface area contributed by atoms with Crippen LogP contribution in [-0.2, 0) is 6.54 Å². The van der Waals surface area contributed by atoms with Crippen molar-refractivity contribution in [2.75, 3.05) is 24.5 Å². The largest absolute Gasteiger partial charge is 0.368 e. The molecule has 1 aromatic heterocycles. The average Bonchev–Trinajstić information content (AvgIpc) is 3.22. The van der Waals surface area contributed by atoms with E-state index < -0.39 is 0 Å². The number of thiazole rings is 1. The number of aromatic nitrogens is 1. The van der Waals surface area contributed by atoms with Gasteiger partial charge < -0.3 is 15.5 Å². The molecule has 5 nitrogen and oxygen atoms in total. The van der Waals surface area contributed by atoms with E-state index in [4.69, 9.17) is 4.99 Å². The SMILES string of the molecule is CCNC(=NCc1ncc(C)s1)NC1CCN(c2ccccc2Br)C1.I. The zero-order valence-corrected chi connectivity index (χ0v) is 19.8. The Labute approximate surface area is 184 Å². The van der Waals surface area contributed by atoms with Gasteiger partial charge in [-0.3, -0.25) is 0 Å². The van der Waals surface area contributed by atoms with Crippen LogP contribution in [0, 0.1) is 6.92 Å². The molecule has 26 heavy (non-hydrogen) atoms. The number of hydrogen-bond acceptors (Lipinski definition) is 4. The summed E-state index contributed by atoms with van der Waals surface area (Å²) in [6, 6.07) is 8.79. The first-order valence-electron chi connectivity index (χ1n) is 8.61. The molecule has 0 bridgehead atoms. The Morgan fingerprint density at radius 1 is 1.42 bits per heavy atom. The van der Waals surface area contributed by atoms with Crippen LogP contribution < -0.4 is 15.5 Å². The smallest absolute Gasteiger partial charge is 0.191 e. The fourth-order valence-corrected chi connectivity index (χ4v) is 4.19. The lowest BCUT2D eigenvalue weighted by Gasteiger charge is -2.21. The molecule has 2 aromatic rings. The number of benzene rings is 1. The summed E-state index contributed by atoms with van der Waals surface area (Å²) in [5.41, 5.74) is 1.26. The summed E-state index contributed by atoms with van der Waals surface area (Å²) in [6.45, 7) is 7.66. The molecule has 2 N–H and O–H groups in total. The van der Waals surface area contributed by atoms with Crippen molar-refractivity contribution in [3.05, 3.63) is 44.8 Å². The molecule has 1 unspecified atom stereocenters. The van der Waals surface area contributed by atoms with Gasteiger partial charge in [-0.2, -0.15) is 0 Å². The normalized spacial score (nSPS) is 17.1. The van der Waals surface area contributed by atoms with E-state index in [1.54, 1.807) is 11.3 Å². The molecule has 1 aliphatic rings. The van der Waals surface area contributed by atoms with Crippen molar-refractivity contribution in [3.8, 4) is 0 Å². The minimum absolute atomic E-state index is 0. The third kappa shape index (κ3) is 5.82. The number of hydrogen-bond donors (Lipinski definition) is 2. The number of nitrogens with one attached hydrogen (secondary N) is 2. The fraction of sp³-hybridized carbons (Fsp3) is 0.444. The lowest BCUT2D eigenvalue weighted by atomic mass is 10.3. The molecule has 1 saturated heterocycles. The van der Waals surface area contributed by atoms with Gasteiger partial charge in [0.1, 0.15) is 5.01 Å². The Hall–Kier alpha value is -0.870. The molecule has 142 valence electrons. The van der Waals surface area contributed by atoms with Gasteiger partial charge in [-0.25, -0.2) is 9.98 Å². The summed E-state index contributed by atoms with van der Waals surface area (Å²) in [5.74, 6) is 0.870. The van der Waals surface area contributed by atoms with Gasteiger partial charge in [-0.05, 0) is 48.3 Å². The van der Waals surface area contributed by atoms with Crippen molar-refractivity contribution >= 4 is 62.9 Å². The highest BCUT2D eigenvalue weighted by atomic mass is 127. The predicted molar refractivity (Wildman–Crippen MR) is 125 cm³/mol. The number of anilines is 1. The van der Waals surface area contributed by atoms with Crippen LogP contribution >= 0.6 is 51.2 Å². The maximum absolute atomic E-state index is 4.69. The molecular weight excluding hydrogens is 525 g/mol. The van der Waals surface area contributed by atoms with Gasteiger partial charge in [0, 0.05) is 41.2 Å². The Balaban J connectivity index is 0.00000243. The number of para-hydroxylation sites is 1. The first kappa shape index (κ1) is 21.4. The van der Waals surface area contributed by atoms with Crippen molar-refractivity contribution in [1.82, 2.24) is 15.6 Å². The predicted octanol–water partition coefficient (Wildman–Crippen LogP) is 4.17. The van der Waals surface area contributed by atoms with Gasteiger partial charge in [0.05, 0.1) is 12.2 Å². The van der Waals surface area contributed by atoms with E-state index in [1.165, 1.54) is 10.6 Å². The van der Waals surface area contributed by atoms with E-state index >= 15 is 0 Å². The Morgan fingerprint density at radius 3 is 2.92 bits per heavy atom. The summed E-state index contributed by atoms with van der Waals surface area (Å²) in [6.07, 6.45) is 3.00. The maximum Gasteiger partial charge on any atom is 0.191 e. The zero-order chi connectivity index (χ0) is 17.6. The van der Waals surface area contributed by atoms with Gasteiger partial charge in [0.15, 0.2) is 5.96 Å². The molecule has 0 saturated carbocycles. The highest BCUT2D eigenvalue weighted by molar-refractivity contribution is 14.0. The van der Waals surface area contributed by atoms with Crippen LogP contribution in [0.25, 0.3) is 0 Å². The molecule has 1 atom stereocenters. The van der Waals surface area contributed by atoms with Gasteiger partial charge >= 0.3 is 0 Å². The summed E-state index contributed by atoms with van der Waals surface area (Å²) in [5, 5.41) is 7.96. The van der Waals surface area contributed by atoms with Crippen molar-refractivity contribution in [2.24, 2.45) is 4.99 Å². The number of rotatable bonds is 5. The molecule has 0 amide bonds. The molecule has 1 aromatic carbocycles. The molecule has 0 spiro atoms. The number of aryl methyl sites for hydroxylation is 1. The molecule has 2 heterocycles. The number of nitrogens with zero attached hydrogens (tertiary/aromatic N) is 3. The second kappa shape index (κ2) is 10.5. The van der Waals surface area contributed by atoms with E-state index in [1.807, 2.05) is 6.20 Å². The third-order valence-corrected chi connectivity index (χ3v) is 5.68. The van der Waals surface area contributed by atoms with E-state index in [-0.39, 0.29) is 24.0 Å². The van der Waals surface area contributed by atoms with Crippen molar-refractivity contribution in [2.45, 2.75) is 32.9 Å². The van der Waals surface area contributed by atoms with Crippen LogP contribution in [0.5, 0.6) is 0 Å². The van der Waals surface area contributed by atoms with Crippen LogP contribution in [0.1, 0.15) is 23.2 Å². The second-order valence-corrected chi connectivity index (χ2v) is 8.26. The molecular formula is C18H25BrIN5S. The topological polar surface area (TPSA) is 52.6 Å². The van der Waals surface area contributed by atoms with Gasteiger partial charge in [0.2, 0.25) is 0 Å². The van der Waals surface area contributed by atoms with Crippen molar-refractivity contribution < 1.29 is 0 Å². The summed E-state index contributed by atoms with van der Waals surface area (Å²) in [7, 11) is 0. The highest BCUT2D eigenvalue weighted by Crippen LogP contribution is 2.28. The first-order chi connectivity index (χ1) is 12.2. The molecule has 0 aliphatic carbocycles. The number of aliphatic imine (C=N–C) groups is 1. The zero-order valence-electron chi connectivity index (χ0n) is 15.0. The van der Waals surface area contributed by atoms with E-state index in [9.17, 15) is 0 Å². The molecule has 1 aliphatic heterocycles. The van der Waals surface area contributed by atoms with E-state index in [0.717, 1.165) is 41.5 Å². The molecule has 0 radical (unpaired) electrons. The van der Waals surface area contributed by atoms with Crippen molar-refractivity contribution in [1.29, 1.82) is 0 Å². The lowest BCUT2D eigenvalue weighted by molar-refractivity contribution is 0.649. The van der Waals surface area contributed by atoms with E-state index in [2.05, 4.69) is 74.6 Å². The standard InChI is InChI=1S/C18H24BrN5S.HI/c1-3-20-18(22-11-17-21-10-13(2)25-17)23-14-8-9-24(12-14)16-7-5-4-6-15(16)19;/h4-7,10,14H,3,8-9,11-12H2,1-2H3,(H2,20,22,23);1H. The Kier molecular flexibility index (Phi) is 8.62. The highest BCUT2D eigenvalue weighted by Gasteiger charge is 2.24. The second-order valence-electron chi connectivity index (χ2n) is 6.09. The van der Waals surface area contributed by atoms with Crippen LogP contribution in [0.4, 0.5) is 5.69 Å². The third-order valence-electron chi connectivity index (χ3n) is 4.11. The van der Waals surface area contributed by atoms with Gasteiger partial charge in [-0.15, -0.1) is 35.3 Å².